The summed E-state index contributed by atoms with van der Waals surface area (Å²) in [6.45, 7) is 2.31. The van der Waals surface area contributed by atoms with Gasteiger partial charge in [-0.2, -0.15) is 0 Å². The van der Waals surface area contributed by atoms with E-state index in [0.717, 1.165) is 31.5 Å². The van der Waals surface area contributed by atoms with Crippen molar-refractivity contribution in [1.29, 1.82) is 0 Å². The van der Waals surface area contributed by atoms with E-state index in [2.05, 4.69) is 21.9 Å². The summed E-state index contributed by atoms with van der Waals surface area (Å²) in [6, 6.07) is 9.26. The van der Waals surface area contributed by atoms with E-state index in [9.17, 15) is 9.90 Å². The first-order valence-electron chi connectivity index (χ1n) is 8.62. The molecule has 1 fully saturated rings. The van der Waals surface area contributed by atoms with Gasteiger partial charge in [-0.3, -0.25) is 9.78 Å². The number of aliphatic hydroxyl groups excluding tert-OH is 1. The van der Waals surface area contributed by atoms with E-state index >= 15 is 0 Å². The highest BCUT2D eigenvalue weighted by Gasteiger charge is 2.28. The number of amides is 1. The van der Waals surface area contributed by atoms with E-state index in [1.54, 1.807) is 30.6 Å². The summed E-state index contributed by atoms with van der Waals surface area (Å²) in [5.41, 5.74) is 1.90. The Morgan fingerprint density at radius 2 is 2.08 bits per heavy atom. The Hall–Kier alpha value is -2.31. The molecule has 3 rings (SSSR count). The summed E-state index contributed by atoms with van der Waals surface area (Å²) in [5.74, 6) is -0.0892. The summed E-state index contributed by atoms with van der Waals surface area (Å²) >= 11 is 0. The van der Waals surface area contributed by atoms with E-state index in [1.165, 1.54) is 0 Å². The molecule has 3 heterocycles. The van der Waals surface area contributed by atoms with Crippen LogP contribution >= 0.6 is 0 Å². The van der Waals surface area contributed by atoms with Crippen LogP contribution in [0.3, 0.4) is 0 Å². The van der Waals surface area contributed by atoms with Gasteiger partial charge in [-0.1, -0.05) is 12.1 Å². The smallest absolute Gasteiger partial charge is 0.273 e. The lowest BCUT2D eigenvalue weighted by molar-refractivity contribution is 0.0563. The predicted octanol–water partition coefficient (Wildman–Crippen LogP) is 1.71. The van der Waals surface area contributed by atoms with Crippen LogP contribution in [0.25, 0.3) is 0 Å². The van der Waals surface area contributed by atoms with Gasteiger partial charge in [0.05, 0.1) is 12.3 Å². The third kappa shape index (κ3) is 4.41. The maximum Gasteiger partial charge on any atom is 0.273 e. The second kappa shape index (κ2) is 8.18. The Balaban J connectivity index is 1.85. The van der Waals surface area contributed by atoms with Gasteiger partial charge in [0.25, 0.3) is 5.91 Å². The molecule has 0 spiro atoms. The molecule has 0 radical (unpaired) electrons. The Bertz CT molecular complexity index is 700. The van der Waals surface area contributed by atoms with E-state index in [1.807, 2.05) is 17.0 Å². The standard InChI is InChI=1S/C19H24N4O2/c1-22-10-7-17(8-11-22)23(13-15-4-3-9-20-12-15)19(25)18-6-2-5-16(14-24)21-18/h2-6,9,12,17,24H,7-8,10-11,13-14H2,1H3. The van der Waals surface area contributed by atoms with Gasteiger partial charge in [0, 0.05) is 25.0 Å². The van der Waals surface area contributed by atoms with Gasteiger partial charge in [0.1, 0.15) is 5.69 Å². The van der Waals surface area contributed by atoms with Crippen LogP contribution in [0.15, 0.2) is 42.7 Å². The molecule has 1 saturated heterocycles. The van der Waals surface area contributed by atoms with Gasteiger partial charge in [-0.25, -0.2) is 4.98 Å². The molecule has 1 N–H and O–H groups in total. The Labute approximate surface area is 148 Å². The lowest BCUT2D eigenvalue weighted by atomic mass is 10.0. The van der Waals surface area contributed by atoms with Crippen molar-refractivity contribution < 1.29 is 9.90 Å². The number of carbonyl (C=O) groups is 1. The molecule has 6 heteroatoms. The first kappa shape index (κ1) is 17.5. The third-order valence-electron chi connectivity index (χ3n) is 4.65. The molecule has 2 aromatic heterocycles. The average molecular weight is 340 g/mol. The van der Waals surface area contributed by atoms with Crippen LogP contribution in [0.2, 0.25) is 0 Å². The minimum atomic E-state index is -0.169. The molecule has 0 aromatic carbocycles. The molecule has 0 bridgehead atoms. The molecule has 0 unspecified atom stereocenters. The summed E-state index contributed by atoms with van der Waals surface area (Å²) in [5, 5.41) is 9.29. The van der Waals surface area contributed by atoms with Crippen LogP contribution in [-0.4, -0.2) is 57.0 Å². The maximum atomic E-state index is 13.1. The largest absolute Gasteiger partial charge is 0.390 e. The normalized spacial score (nSPS) is 15.9. The zero-order valence-corrected chi connectivity index (χ0v) is 14.5. The Morgan fingerprint density at radius 3 is 2.76 bits per heavy atom. The lowest BCUT2D eigenvalue weighted by Crippen LogP contribution is -2.46. The van der Waals surface area contributed by atoms with E-state index in [4.69, 9.17) is 0 Å². The predicted molar refractivity (Wildman–Crippen MR) is 94.8 cm³/mol. The van der Waals surface area contributed by atoms with Crippen molar-refractivity contribution in [1.82, 2.24) is 19.8 Å². The average Bonchev–Trinajstić information content (AvgIpc) is 2.67. The summed E-state index contributed by atoms with van der Waals surface area (Å²) in [7, 11) is 2.11. The van der Waals surface area contributed by atoms with Crippen molar-refractivity contribution in [2.45, 2.75) is 32.0 Å². The number of pyridine rings is 2. The molecule has 132 valence electrons. The summed E-state index contributed by atoms with van der Waals surface area (Å²) in [6.07, 6.45) is 5.43. The first-order valence-corrected chi connectivity index (χ1v) is 8.62. The molecule has 6 nitrogen and oxygen atoms in total. The van der Waals surface area contributed by atoms with Crippen LogP contribution in [-0.2, 0) is 13.2 Å². The van der Waals surface area contributed by atoms with Crippen molar-refractivity contribution in [2.75, 3.05) is 20.1 Å². The highest BCUT2D eigenvalue weighted by Crippen LogP contribution is 2.20. The molecule has 25 heavy (non-hydrogen) atoms. The number of nitrogens with zero attached hydrogens (tertiary/aromatic N) is 4. The van der Waals surface area contributed by atoms with Crippen LogP contribution in [0.1, 0.15) is 34.6 Å². The topological polar surface area (TPSA) is 69.6 Å². The lowest BCUT2D eigenvalue weighted by Gasteiger charge is -2.37. The highest BCUT2D eigenvalue weighted by atomic mass is 16.3. The quantitative estimate of drug-likeness (QED) is 0.897. The molecule has 2 aromatic rings. The van der Waals surface area contributed by atoms with Crippen molar-refractivity contribution >= 4 is 5.91 Å². The summed E-state index contributed by atoms with van der Waals surface area (Å²) < 4.78 is 0. The van der Waals surface area contributed by atoms with E-state index < -0.39 is 0 Å². The van der Waals surface area contributed by atoms with Gasteiger partial charge in [0.2, 0.25) is 0 Å². The molecule has 1 aliphatic heterocycles. The number of aromatic nitrogens is 2. The number of hydrogen-bond donors (Lipinski definition) is 1. The molecule has 0 atom stereocenters. The monoisotopic (exact) mass is 340 g/mol. The minimum absolute atomic E-state index is 0.0892. The number of carbonyl (C=O) groups excluding carboxylic acids is 1. The zero-order valence-electron chi connectivity index (χ0n) is 14.5. The Kier molecular flexibility index (Phi) is 5.73. The third-order valence-corrected chi connectivity index (χ3v) is 4.65. The van der Waals surface area contributed by atoms with Crippen molar-refractivity contribution in [2.24, 2.45) is 0 Å². The van der Waals surface area contributed by atoms with Crippen LogP contribution in [0, 0.1) is 0 Å². The summed E-state index contributed by atoms with van der Waals surface area (Å²) in [4.78, 5) is 25.8. The first-order chi connectivity index (χ1) is 12.2. The van der Waals surface area contributed by atoms with Crippen LogP contribution in [0.5, 0.6) is 0 Å². The van der Waals surface area contributed by atoms with Crippen molar-refractivity contribution in [3.8, 4) is 0 Å². The van der Waals surface area contributed by atoms with E-state index in [-0.39, 0.29) is 18.6 Å². The molecule has 0 saturated carbocycles. The van der Waals surface area contributed by atoms with Gasteiger partial charge < -0.3 is 14.9 Å². The zero-order chi connectivity index (χ0) is 17.6. The Morgan fingerprint density at radius 1 is 1.28 bits per heavy atom. The van der Waals surface area contributed by atoms with E-state index in [0.29, 0.717) is 17.9 Å². The fraction of sp³-hybridized carbons (Fsp3) is 0.421. The molecule has 1 amide bonds. The fourth-order valence-corrected chi connectivity index (χ4v) is 3.20. The second-order valence-electron chi connectivity index (χ2n) is 6.50. The number of aliphatic hydroxyl groups is 1. The highest BCUT2D eigenvalue weighted by molar-refractivity contribution is 5.92. The van der Waals surface area contributed by atoms with Crippen molar-refractivity contribution in [3.05, 3.63) is 59.7 Å². The second-order valence-corrected chi connectivity index (χ2v) is 6.50. The molecular weight excluding hydrogens is 316 g/mol. The SMILES string of the molecule is CN1CCC(N(Cc2cccnc2)C(=O)c2cccc(CO)n2)CC1. The molecule has 0 aliphatic carbocycles. The van der Waals surface area contributed by atoms with Gasteiger partial charge in [-0.15, -0.1) is 0 Å². The number of hydrogen-bond acceptors (Lipinski definition) is 5. The maximum absolute atomic E-state index is 13.1. The van der Waals surface area contributed by atoms with Gasteiger partial charge >= 0.3 is 0 Å². The molecular formula is C19H24N4O2. The number of rotatable bonds is 5. The van der Waals surface area contributed by atoms with Gasteiger partial charge in [0.15, 0.2) is 0 Å². The van der Waals surface area contributed by atoms with Crippen LogP contribution < -0.4 is 0 Å². The van der Waals surface area contributed by atoms with Gasteiger partial charge in [-0.05, 0) is 56.7 Å². The number of piperidine rings is 1. The fourth-order valence-electron chi connectivity index (χ4n) is 3.20. The van der Waals surface area contributed by atoms with Crippen LogP contribution in [0.4, 0.5) is 0 Å². The van der Waals surface area contributed by atoms with Crippen molar-refractivity contribution in [3.63, 3.8) is 0 Å². The minimum Gasteiger partial charge on any atom is -0.390 e. The number of likely N-dealkylation sites (tertiary alicyclic amines) is 1. The molecule has 1 aliphatic rings.